The normalized spacial score (nSPS) is 26.3. The number of carbonyl (C=O) groups excluding carboxylic acids is 1. The summed E-state index contributed by atoms with van der Waals surface area (Å²) >= 11 is 0. The number of aliphatic carboxylic acids is 1. The lowest BCUT2D eigenvalue weighted by Gasteiger charge is -2.28. The minimum Gasteiger partial charge on any atom is -0.480 e. The van der Waals surface area contributed by atoms with Gasteiger partial charge in [0.1, 0.15) is 16.9 Å². The van der Waals surface area contributed by atoms with Crippen LogP contribution in [0.2, 0.25) is 0 Å². The van der Waals surface area contributed by atoms with Gasteiger partial charge in [-0.15, -0.1) is 0 Å². The van der Waals surface area contributed by atoms with Gasteiger partial charge in [-0.3, -0.25) is 9.59 Å². The fourth-order valence-corrected chi connectivity index (χ4v) is 2.74. The van der Waals surface area contributed by atoms with Gasteiger partial charge in [0.15, 0.2) is 0 Å². The van der Waals surface area contributed by atoms with E-state index >= 15 is 0 Å². The van der Waals surface area contributed by atoms with E-state index in [1.165, 1.54) is 31.2 Å². The van der Waals surface area contributed by atoms with Crippen molar-refractivity contribution in [1.82, 2.24) is 16.2 Å². The maximum absolute atomic E-state index is 13.2. The second-order valence-electron chi connectivity index (χ2n) is 6.08. The Labute approximate surface area is 139 Å². The Hall–Kier alpha value is -2.03. The summed E-state index contributed by atoms with van der Waals surface area (Å²) < 4.78 is 18.2. The molecule has 24 heavy (non-hydrogen) atoms. The average Bonchev–Trinajstić information content (AvgIpc) is 2.93. The molecule has 0 bridgehead atoms. The van der Waals surface area contributed by atoms with Crippen LogP contribution < -0.4 is 16.2 Å². The number of hydrogen-bond donors (Lipinski definition) is 4. The van der Waals surface area contributed by atoms with Gasteiger partial charge < -0.3 is 15.2 Å². The van der Waals surface area contributed by atoms with Gasteiger partial charge in [0.25, 0.3) is 0 Å². The molecule has 1 saturated heterocycles. The molecule has 0 aliphatic carbocycles. The monoisotopic (exact) mass is 339 g/mol. The minimum atomic E-state index is -1.32. The van der Waals surface area contributed by atoms with Crippen LogP contribution in [0.1, 0.15) is 25.3 Å². The van der Waals surface area contributed by atoms with E-state index in [4.69, 9.17) is 4.74 Å². The molecule has 1 amide bonds. The second-order valence-corrected chi connectivity index (χ2v) is 6.08. The van der Waals surface area contributed by atoms with Crippen molar-refractivity contribution in [3.63, 3.8) is 0 Å². The summed E-state index contributed by atoms with van der Waals surface area (Å²) in [7, 11) is 1.57. The van der Waals surface area contributed by atoms with Gasteiger partial charge in [0.2, 0.25) is 5.91 Å². The van der Waals surface area contributed by atoms with E-state index in [-0.39, 0.29) is 12.3 Å². The lowest BCUT2D eigenvalue weighted by molar-refractivity contribution is -0.143. The first kappa shape index (κ1) is 18.3. The number of methoxy groups -OCH3 is 1. The van der Waals surface area contributed by atoms with Crippen LogP contribution in [0, 0.1) is 5.82 Å². The largest absolute Gasteiger partial charge is 0.480 e. The third-order valence-corrected chi connectivity index (χ3v) is 4.18. The summed E-state index contributed by atoms with van der Waals surface area (Å²) in [5.41, 5.74) is 3.38. The smallest absolute Gasteiger partial charge is 0.325 e. The van der Waals surface area contributed by atoms with Crippen LogP contribution in [0.4, 0.5) is 4.39 Å². The van der Waals surface area contributed by atoms with Gasteiger partial charge in [-0.1, -0.05) is 12.1 Å². The predicted molar refractivity (Wildman–Crippen MR) is 84.5 cm³/mol. The van der Waals surface area contributed by atoms with Gasteiger partial charge in [0.05, 0.1) is 0 Å². The van der Waals surface area contributed by atoms with Crippen molar-refractivity contribution in [1.29, 1.82) is 0 Å². The number of carboxylic acids is 1. The van der Waals surface area contributed by atoms with Crippen LogP contribution in [-0.4, -0.2) is 42.8 Å². The molecule has 0 aromatic heterocycles. The summed E-state index contributed by atoms with van der Waals surface area (Å²) in [5, 5.41) is 12.2. The number of hydrazine groups is 1. The quantitative estimate of drug-likeness (QED) is 0.541. The minimum absolute atomic E-state index is 0.0168. The number of amides is 1. The first-order valence-electron chi connectivity index (χ1n) is 7.65. The van der Waals surface area contributed by atoms with Crippen molar-refractivity contribution >= 4 is 11.9 Å². The van der Waals surface area contributed by atoms with Gasteiger partial charge in [0, 0.05) is 26.7 Å². The molecule has 1 aliphatic rings. The Balaban J connectivity index is 2.27. The molecule has 2 rings (SSSR count). The Morgan fingerprint density at radius 1 is 1.33 bits per heavy atom. The Morgan fingerprint density at radius 3 is 2.54 bits per heavy atom. The first-order chi connectivity index (χ1) is 11.3. The number of ether oxygens (including phenoxy) is 1. The number of hydrogen-bond acceptors (Lipinski definition) is 5. The maximum atomic E-state index is 13.2. The molecule has 132 valence electrons. The van der Waals surface area contributed by atoms with Crippen molar-refractivity contribution in [3.8, 4) is 0 Å². The fraction of sp³-hybridized carbons (Fsp3) is 0.500. The predicted octanol–water partition coefficient (Wildman–Crippen LogP) is 0.515. The van der Waals surface area contributed by atoms with Crippen molar-refractivity contribution in [3.05, 3.63) is 35.6 Å². The van der Waals surface area contributed by atoms with E-state index in [9.17, 15) is 19.1 Å². The van der Waals surface area contributed by atoms with E-state index in [2.05, 4.69) is 16.2 Å². The van der Waals surface area contributed by atoms with E-state index in [1.807, 2.05) is 0 Å². The third kappa shape index (κ3) is 3.55. The molecule has 1 aromatic carbocycles. The Kier molecular flexibility index (Phi) is 5.53. The van der Waals surface area contributed by atoms with Crippen molar-refractivity contribution in [2.24, 2.45) is 0 Å². The van der Waals surface area contributed by atoms with Crippen LogP contribution in [0.3, 0.4) is 0 Å². The number of carboxylic acid groups (broad SMARTS) is 1. The summed E-state index contributed by atoms with van der Waals surface area (Å²) in [6.07, 6.45) is 0.614. The number of nitrogens with one attached hydrogen (secondary N) is 3. The molecular formula is C16H22FN3O4. The van der Waals surface area contributed by atoms with Crippen LogP contribution in [-0.2, 0) is 19.9 Å². The van der Waals surface area contributed by atoms with Crippen molar-refractivity contribution in [2.45, 2.75) is 30.8 Å². The number of benzene rings is 1. The summed E-state index contributed by atoms with van der Waals surface area (Å²) in [5.74, 6) is -1.88. The molecule has 0 spiro atoms. The van der Waals surface area contributed by atoms with Crippen molar-refractivity contribution in [2.75, 3.05) is 20.3 Å². The number of halogens is 1. The molecule has 7 nitrogen and oxygen atoms in total. The number of carbonyl (C=O) groups is 2. The van der Waals surface area contributed by atoms with Crippen LogP contribution in [0.25, 0.3) is 0 Å². The lowest BCUT2D eigenvalue weighted by atomic mass is 9.80. The van der Waals surface area contributed by atoms with E-state index in [1.54, 1.807) is 7.11 Å². The molecule has 8 heteroatoms. The summed E-state index contributed by atoms with van der Waals surface area (Å²) in [6, 6.07) is 5.44. The van der Waals surface area contributed by atoms with E-state index in [0.717, 1.165) is 0 Å². The number of rotatable bonds is 7. The molecule has 2 unspecified atom stereocenters. The lowest BCUT2D eigenvalue weighted by Crippen LogP contribution is -2.53. The van der Waals surface area contributed by atoms with Gasteiger partial charge in [-0.2, -0.15) is 0 Å². The van der Waals surface area contributed by atoms with Crippen molar-refractivity contribution < 1.29 is 23.8 Å². The SMILES string of the molecule is COCCCNC(=O)C1(c2ccc(F)cc2)CC(C)(C(=O)O)NN1. The Morgan fingerprint density at radius 2 is 2.00 bits per heavy atom. The molecule has 4 N–H and O–H groups in total. The average molecular weight is 339 g/mol. The maximum Gasteiger partial charge on any atom is 0.325 e. The highest BCUT2D eigenvalue weighted by Crippen LogP contribution is 2.35. The second kappa shape index (κ2) is 7.25. The van der Waals surface area contributed by atoms with Gasteiger partial charge in [-0.05, 0) is 31.0 Å². The van der Waals surface area contributed by atoms with Crippen LogP contribution in [0.5, 0.6) is 0 Å². The summed E-state index contributed by atoms with van der Waals surface area (Å²) in [6.45, 7) is 2.38. The highest BCUT2D eigenvalue weighted by molar-refractivity contribution is 5.90. The standard InChI is InChI=1S/C16H22FN3O4/c1-15(14(22)23)10-16(20-19-15,11-4-6-12(17)7-5-11)13(21)18-8-3-9-24-2/h4-7,19-20H,3,8-10H2,1-2H3,(H,18,21)(H,22,23). The molecule has 1 aromatic rings. The first-order valence-corrected chi connectivity index (χ1v) is 7.65. The molecular weight excluding hydrogens is 317 g/mol. The molecule has 0 saturated carbocycles. The van der Waals surface area contributed by atoms with Gasteiger partial charge in [-0.25, -0.2) is 15.2 Å². The molecule has 0 radical (unpaired) electrons. The van der Waals surface area contributed by atoms with Gasteiger partial charge >= 0.3 is 5.97 Å². The Bertz CT molecular complexity index is 610. The zero-order chi connectivity index (χ0) is 17.8. The topological polar surface area (TPSA) is 99.7 Å². The molecule has 1 heterocycles. The third-order valence-electron chi connectivity index (χ3n) is 4.18. The van der Waals surface area contributed by atoms with E-state index in [0.29, 0.717) is 25.1 Å². The van der Waals surface area contributed by atoms with E-state index < -0.39 is 22.9 Å². The molecule has 1 aliphatic heterocycles. The van der Waals surface area contributed by atoms with Crippen LogP contribution in [0.15, 0.2) is 24.3 Å². The fourth-order valence-electron chi connectivity index (χ4n) is 2.74. The molecule has 1 fully saturated rings. The van der Waals surface area contributed by atoms with Crippen LogP contribution >= 0.6 is 0 Å². The molecule has 2 atom stereocenters. The summed E-state index contributed by atoms with van der Waals surface area (Å²) in [4.78, 5) is 24.3. The highest BCUT2D eigenvalue weighted by Gasteiger charge is 2.54. The highest BCUT2D eigenvalue weighted by atomic mass is 19.1. The zero-order valence-corrected chi connectivity index (χ0v) is 13.7. The zero-order valence-electron chi connectivity index (χ0n) is 13.7.